The van der Waals surface area contributed by atoms with Crippen molar-refractivity contribution in [3.63, 3.8) is 0 Å². The first-order chi connectivity index (χ1) is 62.0. The average molecular weight is 1810 g/mol. The molecule has 12 aromatic rings. The van der Waals surface area contributed by atoms with Crippen molar-refractivity contribution in [3.8, 4) is 23.0 Å². The number of aliphatic hydroxyl groups is 4. The van der Waals surface area contributed by atoms with Gasteiger partial charge in [-0.15, -0.1) is 0 Å². The van der Waals surface area contributed by atoms with Crippen LogP contribution in [0.1, 0.15) is 96.3 Å². The SMILES string of the molecule is Cc1ccccc1CN(CC(O)COc1ccc(C(F)(F)F)cc1)CC1CCC(=O)NC1.Cc1ccccc1CN(Cc1ccc(=O)[nH]c1)CC(O)COc1ccc(C(F)(F)F)cc1.Cc1ccccc1CN(Cc1ccc2ncccc2c1)CC(O)COc1ccc(C(F)(F)F)cc1.Cc1ccccc1CN(Cc1ccncc1)CC(O)COc1ccc(C(F)(F)F)cc1. The van der Waals surface area contributed by atoms with Crippen molar-refractivity contribution >= 4 is 16.8 Å². The largest absolute Gasteiger partial charge is 0.491 e. The molecule has 13 rings (SSSR count). The number of carbonyl (C=O) groups excluding carboxylic acids is 1. The molecule has 1 saturated heterocycles. The number of hydrogen-bond donors (Lipinski definition) is 6. The zero-order valence-corrected chi connectivity index (χ0v) is 72.3. The maximum atomic E-state index is 12.8. The number of amides is 1. The van der Waals surface area contributed by atoms with E-state index >= 15 is 0 Å². The Morgan fingerprint density at radius 3 is 1.05 bits per heavy atom. The van der Waals surface area contributed by atoms with E-state index < -0.39 is 71.4 Å². The topological polar surface area (TPSA) is 219 Å². The van der Waals surface area contributed by atoms with E-state index in [1.165, 1.54) is 54.6 Å². The first-order valence-corrected chi connectivity index (χ1v) is 42.2. The third-order valence-electron chi connectivity index (χ3n) is 21.4. The first-order valence-electron chi connectivity index (χ1n) is 42.2. The number of aryl methyl sites for hydroxylation is 4. The summed E-state index contributed by atoms with van der Waals surface area (Å²) in [6.45, 7) is 14.8. The van der Waals surface area contributed by atoms with Gasteiger partial charge in [0.2, 0.25) is 11.5 Å². The molecule has 18 nitrogen and oxygen atoms in total. The molecule has 1 aliphatic heterocycles. The number of nitrogens with zero attached hydrogens (tertiary/aromatic N) is 6. The summed E-state index contributed by atoms with van der Waals surface area (Å²) in [5, 5.41) is 46.3. The summed E-state index contributed by atoms with van der Waals surface area (Å²) in [5.74, 6) is 1.45. The number of aromatic nitrogens is 3. The highest BCUT2D eigenvalue weighted by Gasteiger charge is 2.34. The Bertz CT molecular complexity index is 5470. The number of ether oxygens (including phenoxy) is 4. The Hall–Kier alpha value is -12.0. The molecular formula is C100H106F12N8O10. The van der Waals surface area contributed by atoms with Gasteiger partial charge in [-0.2, -0.15) is 52.7 Å². The quantitative estimate of drug-likeness (QED) is 0.0201. The zero-order chi connectivity index (χ0) is 93.4. The second-order valence-electron chi connectivity index (χ2n) is 32.0. The molecule has 690 valence electrons. The van der Waals surface area contributed by atoms with Gasteiger partial charge in [-0.05, 0) is 229 Å². The number of aromatic amines is 1. The van der Waals surface area contributed by atoms with Gasteiger partial charge in [0, 0.05) is 128 Å². The van der Waals surface area contributed by atoms with Gasteiger partial charge in [0.25, 0.3) is 0 Å². The minimum Gasteiger partial charge on any atom is -0.491 e. The van der Waals surface area contributed by atoms with Crippen molar-refractivity contribution in [2.45, 2.75) is 135 Å². The molecule has 1 fully saturated rings. The standard InChI is InChI=1S/C28H27F3N2O2.C24H29F3N2O3.C24H25F3N2O3.C24H25F3N2O2/c1-20-5-2-3-6-23(20)17-33(16-21-8-13-27-22(15-21)7-4-14-32-27)18-25(34)19-35-26-11-9-24(10-12-26)28(29,30)31;2*1-17-4-2-3-5-19(17)14-29(13-18-6-11-23(31)28-12-18)15-21(30)16-32-22-9-7-20(8-10-22)24(25,26)27;1-18-4-2-3-5-20(18)15-29(14-19-10-12-28-13-11-19)16-22(30)17-31-23-8-6-21(7-9-23)24(25,26)27/h2-15,25,34H,16-19H2,1H3;2-5,7-10,18,21,30H,6,11-16H2,1H3,(H,28,31);2-12,21,30H,13-16H2,1H3,(H,28,31);2-13,22,30H,14-17H2,1H3. The van der Waals surface area contributed by atoms with Crippen LogP contribution in [0.25, 0.3) is 10.9 Å². The lowest BCUT2D eigenvalue weighted by Crippen LogP contribution is -2.43. The van der Waals surface area contributed by atoms with Crippen LogP contribution in [-0.2, 0) is 75.3 Å². The molecule has 1 amide bonds. The van der Waals surface area contributed by atoms with Crippen molar-refractivity contribution in [2.75, 3.05) is 65.7 Å². The number of alkyl halides is 12. The van der Waals surface area contributed by atoms with E-state index in [0.717, 1.165) is 127 Å². The van der Waals surface area contributed by atoms with Crippen LogP contribution in [0.4, 0.5) is 52.7 Å². The highest BCUT2D eigenvalue weighted by atomic mass is 19.4. The van der Waals surface area contributed by atoms with Crippen molar-refractivity contribution in [3.05, 3.63) is 367 Å². The third-order valence-corrected chi connectivity index (χ3v) is 21.4. The molecule has 6 N–H and O–H groups in total. The van der Waals surface area contributed by atoms with Crippen molar-refractivity contribution in [1.29, 1.82) is 0 Å². The van der Waals surface area contributed by atoms with E-state index in [2.05, 4.69) is 72.2 Å². The maximum absolute atomic E-state index is 12.8. The number of aliphatic hydroxyl groups excluding tert-OH is 4. The zero-order valence-electron chi connectivity index (χ0n) is 72.3. The van der Waals surface area contributed by atoms with Crippen LogP contribution < -0.4 is 29.8 Å². The van der Waals surface area contributed by atoms with E-state index in [0.29, 0.717) is 90.9 Å². The number of nitrogens with one attached hydrogen (secondary N) is 2. The Balaban J connectivity index is 0.000000180. The van der Waals surface area contributed by atoms with Crippen LogP contribution in [0.3, 0.4) is 0 Å². The molecule has 30 heteroatoms. The first kappa shape index (κ1) is 100. The lowest BCUT2D eigenvalue weighted by Gasteiger charge is -2.31. The number of H-pyrrole nitrogens is 1. The molecule has 9 aromatic carbocycles. The third kappa shape index (κ3) is 34.1. The number of piperidine rings is 1. The number of rotatable bonds is 36. The molecule has 130 heavy (non-hydrogen) atoms. The molecule has 0 bridgehead atoms. The van der Waals surface area contributed by atoms with Gasteiger partial charge in [0.15, 0.2) is 0 Å². The van der Waals surface area contributed by atoms with Crippen molar-refractivity contribution < 1.29 is 96.9 Å². The lowest BCUT2D eigenvalue weighted by molar-refractivity contribution is -0.138. The van der Waals surface area contributed by atoms with Gasteiger partial charge < -0.3 is 49.7 Å². The summed E-state index contributed by atoms with van der Waals surface area (Å²) in [4.78, 5) is 42.3. The highest BCUT2D eigenvalue weighted by molar-refractivity contribution is 5.79. The van der Waals surface area contributed by atoms with Gasteiger partial charge in [0.1, 0.15) is 73.8 Å². The van der Waals surface area contributed by atoms with Crippen LogP contribution in [0.15, 0.2) is 278 Å². The second-order valence-corrected chi connectivity index (χ2v) is 32.0. The Labute approximate surface area is 747 Å². The Kier molecular flexibility index (Phi) is 37.4. The predicted octanol–water partition coefficient (Wildman–Crippen LogP) is 18.8. The number of halogens is 12. The molecule has 5 atom stereocenters. The van der Waals surface area contributed by atoms with Crippen molar-refractivity contribution in [2.24, 2.45) is 5.92 Å². The molecule has 5 unspecified atom stereocenters. The maximum Gasteiger partial charge on any atom is 0.416 e. The Morgan fingerprint density at radius 1 is 0.377 bits per heavy atom. The van der Waals surface area contributed by atoms with E-state index in [4.69, 9.17) is 18.9 Å². The molecule has 0 aliphatic carbocycles. The van der Waals surface area contributed by atoms with Crippen LogP contribution in [0.5, 0.6) is 23.0 Å². The monoisotopic (exact) mass is 1810 g/mol. The summed E-state index contributed by atoms with van der Waals surface area (Å²) >= 11 is 0. The number of hydrogen-bond acceptors (Lipinski definition) is 16. The van der Waals surface area contributed by atoms with E-state index in [1.807, 2.05) is 135 Å². The lowest BCUT2D eigenvalue weighted by atomic mass is 9.98. The average Bonchev–Trinajstić information content (AvgIpc) is 0.831. The fourth-order valence-corrected chi connectivity index (χ4v) is 14.3. The Morgan fingerprint density at radius 2 is 0.715 bits per heavy atom. The van der Waals surface area contributed by atoms with Gasteiger partial charge in [-0.3, -0.25) is 39.2 Å². The molecule has 0 spiro atoms. The molecule has 3 aromatic heterocycles. The van der Waals surface area contributed by atoms with Gasteiger partial charge in [-0.25, -0.2) is 0 Å². The fourth-order valence-electron chi connectivity index (χ4n) is 14.3. The van der Waals surface area contributed by atoms with Crippen LogP contribution in [0.2, 0.25) is 0 Å². The molecule has 4 heterocycles. The minimum absolute atomic E-state index is 0.0218. The summed E-state index contributed by atoms with van der Waals surface area (Å²) in [7, 11) is 0. The van der Waals surface area contributed by atoms with Crippen molar-refractivity contribution in [1.82, 2.24) is 39.9 Å². The summed E-state index contributed by atoms with van der Waals surface area (Å²) in [6, 6.07) is 67.0. The second kappa shape index (κ2) is 48.6. The summed E-state index contributed by atoms with van der Waals surface area (Å²) in [6.07, 6.45) is -12.8. The van der Waals surface area contributed by atoms with Gasteiger partial charge in [-0.1, -0.05) is 115 Å². The molecule has 1 aliphatic rings. The number of fused-ring (bicyclic) bond motifs is 1. The minimum atomic E-state index is -4.41. The van der Waals surface area contributed by atoms with Crippen LogP contribution >= 0.6 is 0 Å². The van der Waals surface area contributed by atoms with E-state index in [-0.39, 0.29) is 67.4 Å². The van der Waals surface area contributed by atoms with Crippen LogP contribution in [0, 0.1) is 33.6 Å². The normalized spacial score (nSPS) is 14.0. The summed E-state index contributed by atoms with van der Waals surface area (Å²) < 4.78 is 174. The van der Waals surface area contributed by atoms with Crippen LogP contribution in [-0.4, -0.2) is 151 Å². The van der Waals surface area contributed by atoms with E-state index in [1.54, 1.807) is 30.9 Å². The number of pyridine rings is 3. The number of benzene rings is 9. The summed E-state index contributed by atoms with van der Waals surface area (Å²) in [5.41, 5.74) is 9.99. The molecule has 0 radical (unpaired) electrons. The van der Waals surface area contributed by atoms with Gasteiger partial charge in [0.05, 0.1) is 27.8 Å². The predicted molar refractivity (Wildman–Crippen MR) is 473 cm³/mol. The smallest absolute Gasteiger partial charge is 0.416 e. The fraction of sp³-hybridized carbons (Fsp3) is 0.320. The number of carbonyl (C=O) groups is 1. The highest BCUT2D eigenvalue weighted by Crippen LogP contribution is 2.35. The van der Waals surface area contributed by atoms with E-state index in [9.17, 15) is 82.7 Å². The van der Waals surface area contributed by atoms with Gasteiger partial charge >= 0.3 is 24.7 Å². The molecular weight excluding hydrogens is 1700 g/mol. The molecule has 0 saturated carbocycles.